The van der Waals surface area contributed by atoms with E-state index < -0.39 is 12.8 Å². The summed E-state index contributed by atoms with van der Waals surface area (Å²) in [5.74, 6) is 1.01. The van der Waals surface area contributed by atoms with Crippen LogP contribution >= 0.6 is 11.6 Å². The Hall–Kier alpha value is -5.44. The molecule has 0 saturated heterocycles. The Morgan fingerprint density at radius 2 is 1.91 bits per heavy atom. The number of H-pyrrole nitrogens is 1. The molecule has 0 saturated carbocycles. The smallest absolute Gasteiger partial charge is 0.411 e. The molecule has 43 heavy (non-hydrogen) atoms. The molecule has 16 heteroatoms. The SMILES string of the molecule is O=C(O)N(CCF)c1ccc(-c2nnc([C@@H]3CCc4cc(-c5cc(Cl)ccc5-n5cnnn5)cc(=O)n43)[nH]2)cc1.O=CO. The van der Waals surface area contributed by atoms with Gasteiger partial charge >= 0.3 is 6.09 Å². The minimum absolute atomic E-state index is 0.193. The van der Waals surface area contributed by atoms with Crippen molar-refractivity contribution < 1.29 is 24.2 Å². The number of hydrogen-bond donors (Lipinski definition) is 3. The highest BCUT2D eigenvalue weighted by Gasteiger charge is 2.29. The summed E-state index contributed by atoms with van der Waals surface area (Å²) in [5, 5.41) is 36.7. The maximum atomic E-state index is 13.4. The van der Waals surface area contributed by atoms with E-state index in [0.717, 1.165) is 16.2 Å². The van der Waals surface area contributed by atoms with Gasteiger partial charge in [-0.1, -0.05) is 11.6 Å². The Kier molecular flexibility index (Phi) is 8.52. The fraction of sp³-hybridized carbons (Fsp3) is 0.185. The molecule has 1 aliphatic rings. The van der Waals surface area contributed by atoms with Crippen LogP contribution < -0.4 is 10.5 Å². The lowest BCUT2D eigenvalue weighted by molar-refractivity contribution is -0.122. The summed E-state index contributed by atoms with van der Waals surface area (Å²) >= 11 is 6.29. The summed E-state index contributed by atoms with van der Waals surface area (Å²) in [7, 11) is 0. The van der Waals surface area contributed by atoms with Crippen LogP contribution in [0, 0.1) is 0 Å². The van der Waals surface area contributed by atoms with Crippen LogP contribution in [0.1, 0.15) is 24.0 Å². The largest absolute Gasteiger partial charge is 0.483 e. The van der Waals surface area contributed by atoms with E-state index in [0.29, 0.717) is 52.0 Å². The van der Waals surface area contributed by atoms with Crippen LogP contribution in [0.15, 0.2) is 65.7 Å². The third-order valence-electron chi connectivity index (χ3n) is 6.81. The van der Waals surface area contributed by atoms with Gasteiger partial charge in [-0.05, 0) is 77.4 Å². The first-order chi connectivity index (χ1) is 20.8. The van der Waals surface area contributed by atoms with Gasteiger partial charge in [0.1, 0.15) is 13.0 Å². The Bertz CT molecular complexity index is 1810. The molecular weight excluding hydrogens is 585 g/mol. The van der Waals surface area contributed by atoms with Gasteiger partial charge in [0.15, 0.2) is 11.6 Å². The molecule has 0 radical (unpaired) electrons. The first-order valence-electron chi connectivity index (χ1n) is 12.8. The monoisotopic (exact) mass is 607 g/mol. The Labute approximate surface area is 247 Å². The van der Waals surface area contributed by atoms with Crippen LogP contribution in [-0.2, 0) is 11.2 Å². The standard InChI is InChI=1S/C26H21ClFN9O3.CH2O2/c27-17-3-7-21(36-14-29-33-34-36)20(13-17)16-11-19-6-8-22(37(19)23(38)12-16)25-30-24(31-32-25)15-1-4-18(5-2-15)35(10-9-28)26(39)40;2-1-3/h1-5,7,11-14,22H,6,8-10H2,(H,39,40)(H,30,31,32);1H,(H,2,3)/t22-;/m0./s1. The molecule has 3 N–H and O–H groups in total. The molecule has 6 rings (SSSR count). The summed E-state index contributed by atoms with van der Waals surface area (Å²) in [6, 6.07) is 15.0. The van der Waals surface area contributed by atoms with Crippen LogP contribution in [0.4, 0.5) is 14.9 Å². The second kappa shape index (κ2) is 12.6. The average molecular weight is 608 g/mol. The number of aromatic nitrogens is 8. The molecule has 14 nitrogen and oxygen atoms in total. The minimum Gasteiger partial charge on any atom is -0.483 e. The zero-order valence-electron chi connectivity index (χ0n) is 22.2. The fourth-order valence-corrected chi connectivity index (χ4v) is 5.17. The van der Waals surface area contributed by atoms with Crippen molar-refractivity contribution in [2.75, 3.05) is 18.1 Å². The van der Waals surface area contributed by atoms with Gasteiger partial charge in [0.05, 0.1) is 18.3 Å². The molecule has 2 aromatic carbocycles. The van der Waals surface area contributed by atoms with Crippen LogP contribution in [0.25, 0.3) is 28.2 Å². The number of alkyl halides is 1. The molecular formula is C27H23ClFN9O5. The zero-order chi connectivity index (χ0) is 30.5. The van der Waals surface area contributed by atoms with Crippen molar-refractivity contribution in [1.82, 2.24) is 40.0 Å². The van der Waals surface area contributed by atoms with E-state index in [1.165, 1.54) is 11.0 Å². The minimum atomic E-state index is -1.23. The number of amides is 1. The number of hydrogen-bond acceptors (Lipinski definition) is 8. The maximum absolute atomic E-state index is 13.4. The van der Waals surface area contributed by atoms with Crippen LogP contribution in [0.2, 0.25) is 5.02 Å². The topological polar surface area (TPSA) is 185 Å². The van der Waals surface area contributed by atoms with E-state index in [1.54, 1.807) is 53.1 Å². The number of benzene rings is 2. The maximum Gasteiger partial charge on any atom is 0.411 e. The average Bonchev–Trinajstić information content (AvgIpc) is 3.78. The molecule has 0 bridgehead atoms. The van der Waals surface area contributed by atoms with Crippen molar-refractivity contribution in [2.24, 2.45) is 0 Å². The summed E-state index contributed by atoms with van der Waals surface area (Å²) in [6.45, 7) is -1.29. The van der Waals surface area contributed by atoms with Gasteiger partial charge in [-0.3, -0.25) is 14.5 Å². The zero-order valence-corrected chi connectivity index (χ0v) is 23.0. The highest BCUT2D eigenvalue weighted by Crippen LogP contribution is 2.34. The van der Waals surface area contributed by atoms with Crippen molar-refractivity contribution in [3.05, 3.63) is 87.8 Å². The van der Waals surface area contributed by atoms with Gasteiger partial charge in [0.2, 0.25) is 0 Å². The lowest BCUT2D eigenvalue weighted by Crippen LogP contribution is -2.31. The van der Waals surface area contributed by atoms with E-state index in [2.05, 4.69) is 30.7 Å². The highest BCUT2D eigenvalue weighted by atomic mass is 35.5. The van der Waals surface area contributed by atoms with E-state index in [-0.39, 0.29) is 24.6 Å². The van der Waals surface area contributed by atoms with Crippen LogP contribution in [0.3, 0.4) is 0 Å². The van der Waals surface area contributed by atoms with E-state index in [1.807, 2.05) is 6.07 Å². The molecule has 5 aromatic rings. The Morgan fingerprint density at radius 1 is 1.14 bits per heavy atom. The van der Waals surface area contributed by atoms with Crippen LogP contribution in [-0.4, -0.2) is 76.0 Å². The Balaban J connectivity index is 0.00000118. The van der Waals surface area contributed by atoms with Crippen molar-refractivity contribution in [3.63, 3.8) is 0 Å². The first-order valence-corrected chi connectivity index (χ1v) is 13.2. The second-order valence-corrected chi connectivity index (χ2v) is 9.68. The predicted octanol–water partition coefficient (Wildman–Crippen LogP) is 3.62. The third-order valence-corrected chi connectivity index (χ3v) is 7.05. The molecule has 1 amide bonds. The lowest BCUT2D eigenvalue weighted by atomic mass is 10.0. The molecule has 1 atom stereocenters. The van der Waals surface area contributed by atoms with Gasteiger partial charge in [0.25, 0.3) is 12.0 Å². The van der Waals surface area contributed by atoms with E-state index >= 15 is 0 Å². The number of anilines is 1. The van der Waals surface area contributed by atoms with Crippen molar-refractivity contribution in [3.8, 4) is 28.2 Å². The lowest BCUT2D eigenvalue weighted by Gasteiger charge is -2.17. The van der Waals surface area contributed by atoms with Gasteiger partial charge in [-0.25, -0.2) is 9.18 Å². The van der Waals surface area contributed by atoms with Gasteiger partial charge in [-0.15, -0.1) is 15.3 Å². The summed E-state index contributed by atoms with van der Waals surface area (Å²) in [4.78, 5) is 37.3. The molecule has 220 valence electrons. The number of tetrazole rings is 1. The normalized spacial score (nSPS) is 13.6. The molecule has 3 aromatic heterocycles. The number of fused-ring (bicyclic) bond motifs is 1. The summed E-state index contributed by atoms with van der Waals surface area (Å²) in [5.41, 5.74) is 3.79. The van der Waals surface area contributed by atoms with Crippen molar-refractivity contribution >= 4 is 29.9 Å². The molecule has 1 aliphatic heterocycles. The van der Waals surface area contributed by atoms with Crippen LogP contribution in [0.5, 0.6) is 0 Å². The summed E-state index contributed by atoms with van der Waals surface area (Å²) < 4.78 is 16.0. The number of nitrogens with one attached hydrogen (secondary N) is 1. The fourth-order valence-electron chi connectivity index (χ4n) is 4.99. The van der Waals surface area contributed by atoms with Gasteiger partial charge < -0.3 is 19.8 Å². The number of rotatable bonds is 7. The molecule has 0 unspecified atom stereocenters. The molecule has 4 heterocycles. The first kappa shape index (κ1) is 29.1. The van der Waals surface area contributed by atoms with Gasteiger partial charge in [-0.2, -0.15) is 4.68 Å². The molecule has 0 fully saturated rings. The van der Waals surface area contributed by atoms with Crippen molar-refractivity contribution in [2.45, 2.75) is 18.9 Å². The quantitative estimate of drug-likeness (QED) is 0.231. The van der Waals surface area contributed by atoms with Crippen molar-refractivity contribution in [1.29, 1.82) is 0 Å². The molecule has 0 aliphatic carbocycles. The second-order valence-electron chi connectivity index (χ2n) is 9.25. The predicted molar refractivity (Wildman–Crippen MR) is 152 cm³/mol. The molecule has 0 spiro atoms. The van der Waals surface area contributed by atoms with E-state index in [4.69, 9.17) is 21.5 Å². The number of nitrogens with zero attached hydrogens (tertiary/aromatic N) is 8. The number of halogens is 2. The number of aromatic amines is 1. The van der Waals surface area contributed by atoms with E-state index in [9.17, 15) is 19.1 Å². The number of carboxylic acid groups (broad SMARTS) is 2. The summed E-state index contributed by atoms with van der Waals surface area (Å²) in [6.07, 6.45) is 1.55. The number of carbonyl (C=O) groups is 2. The highest BCUT2D eigenvalue weighted by molar-refractivity contribution is 6.31. The Morgan fingerprint density at radius 3 is 2.58 bits per heavy atom. The number of pyridine rings is 1. The third kappa shape index (κ3) is 5.97. The van der Waals surface area contributed by atoms with Gasteiger partial charge in [0, 0.05) is 33.6 Å². The number of aryl methyl sites for hydroxylation is 1.